The summed E-state index contributed by atoms with van der Waals surface area (Å²) in [6, 6.07) is 2.50. The van der Waals surface area contributed by atoms with Crippen LogP contribution in [0, 0.1) is 5.92 Å². The normalized spacial score (nSPS) is 12.3. The average Bonchev–Trinajstić information content (AvgIpc) is 2.88. The highest BCUT2D eigenvalue weighted by Gasteiger charge is 2.27. The van der Waals surface area contributed by atoms with E-state index >= 15 is 0 Å². The van der Waals surface area contributed by atoms with E-state index in [0.717, 1.165) is 0 Å². The van der Waals surface area contributed by atoms with Crippen LogP contribution in [0.4, 0.5) is 0 Å². The number of carbonyl (C=O) groups is 2. The first-order chi connectivity index (χ1) is 8.97. The van der Waals surface area contributed by atoms with Crippen LogP contribution in [0.3, 0.4) is 0 Å². The van der Waals surface area contributed by atoms with Gasteiger partial charge >= 0.3 is 0 Å². The highest BCUT2D eigenvalue weighted by atomic mass is 16.3. The summed E-state index contributed by atoms with van der Waals surface area (Å²) in [5.74, 6) is -0.547. The number of nitrogens with one attached hydrogen (secondary N) is 1. The molecule has 0 radical (unpaired) electrons. The number of hydrogen-bond acceptors (Lipinski definition) is 4. The van der Waals surface area contributed by atoms with E-state index in [9.17, 15) is 9.59 Å². The Hall–Kier alpha value is -1.82. The largest absolute Gasteiger partial charge is 0.459 e. The van der Waals surface area contributed by atoms with Crippen molar-refractivity contribution in [3.63, 3.8) is 0 Å². The lowest BCUT2D eigenvalue weighted by atomic mass is 10.0. The molecule has 1 aromatic rings. The van der Waals surface area contributed by atoms with E-state index in [-0.39, 0.29) is 30.7 Å². The van der Waals surface area contributed by atoms with E-state index in [0.29, 0.717) is 0 Å². The molecule has 0 aromatic carbocycles. The van der Waals surface area contributed by atoms with Crippen molar-refractivity contribution in [2.24, 2.45) is 5.92 Å². The molecule has 106 valence electrons. The van der Waals surface area contributed by atoms with Gasteiger partial charge in [-0.1, -0.05) is 13.8 Å². The van der Waals surface area contributed by atoms with Crippen LogP contribution in [0.1, 0.15) is 24.4 Å². The second-order valence-electron chi connectivity index (χ2n) is 4.66. The number of amides is 2. The number of furan rings is 1. The molecule has 1 heterocycles. The Morgan fingerprint density at radius 2 is 2.16 bits per heavy atom. The minimum atomic E-state index is -0.644. The molecule has 1 aromatic heterocycles. The van der Waals surface area contributed by atoms with Crippen molar-refractivity contribution in [3.8, 4) is 0 Å². The van der Waals surface area contributed by atoms with Crippen molar-refractivity contribution in [2.45, 2.75) is 19.9 Å². The number of aliphatic hydroxyl groups is 1. The van der Waals surface area contributed by atoms with Gasteiger partial charge in [-0.25, -0.2) is 0 Å². The van der Waals surface area contributed by atoms with Gasteiger partial charge in [-0.2, -0.15) is 0 Å². The highest BCUT2D eigenvalue weighted by Crippen LogP contribution is 2.08. The van der Waals surface area contributed by atoms with Gasteiger partial charge in [0, 0.05) is 13.6 Å². The second kappa shape index (κ2) is 6.94. The Morgan fingerprint density at radius 1 is 1.47 bits per heavy atom. The number of carbonyl (C=O) groups excluding carboxylic acids is 2. The average molecular weight is 268 g/mol. The lowest BCUT2D eigenvalue weighted by Crippen LogP contribution is -2.50. The summed E-state index contributed by atoms with van der Waals surface area (Å²) >= 11 is 0. The Bertz CT molecular complexity index is 414. The number of nitrogens with zero attached hydrogens (tertiary/aromatic N) is 1. The van der Waals surface area contributed by atoms with Crippen LogP contribution in [0.25, 0.3) is 0 Å². The molecule has 1 rings (SSSR count). The molecule has 0 spiro atoms. The Labute approximate surface area is 112 Å². The maximum absolute atomic E-state index is 12.1. The van der Waals surface area contributed by atoms with Crippen LogP contribution in [-0.4, -0.2) is 48.1 Å². The van der Waals surface area contributed by atoms with Gasteiger partial charge in [-0.05, 0) is 18.1 Å². The fourth-order valence-corrected chi connectivity index (χ4v) is 1.63. The monoisotopic (exact) mass is 268 g/mol. The van der Waals surface area contributed by atoms with Gasteiger partial charge in [-0.3, -0.25) is 9.59 Å². The summed E-state index contributed by atoms with van der Waals surface area (Å²) in [7, 11) is 1.59. The highest BCUT2D eigenvalue weighted by molar-refractivity contribution is 5.95. The second-order valence-corrected chi connectivity index (χ2v) is 4.66. The standard InChI is InChI=1S/C13H20N2O4/c1-9(2)11(13(18)15(3)6-7-16)14-12(17)10-5-4-8-19-10/h4-5,8-9,11,16H,6-7H2,1-3H3,(H,14,17). The zero-order chi connectivity index (χ0) is 14.4. The van der Waals surface area contributed by atoms with Gasteiger partial charge in [0.25, 0.3) is 5.91 Å². The topological polar surface area (TPSA) is 82.8 Å². The summed E-state index contributed by atoms with van der Waals surface area (Å²) in [5, 5.41) is 11.5. The smallest absolute Gasteiger partial charge is 0.287 e. The van der Waals surface area contributed by atoms with Crippen molar-refractivity contribution < 1.29 is 19.1 Å². The maximum atomic E-state index is 12.1. The van der Waals surface area contributed by atoms with Crippen molar-refractivity contribution in [2.75, 3.05) is 20.2 Å². The lowest BCUT2D eigenvalue weighted by molar-refractivity contribution is -0.133. The Morgan fingerprint density at radius 3 is 2.63 bits per heavy atom. The molecule has 0 saturated heterocycles. The molecule has 2 N–H and O–H groups in total. The molecule has 0 bridgehead atoms. The van der Waals surface area contributed by atoms with Gasteiger partial charge in [0.1, 0.15) is 6.04 Å². The van der Waals surface area contributed by atoms with Crippen LogP contribution in [0.5, 0.6) is 0 Å². The van der Waals surface area contributed by atoms with Crippen molar-refractivity contribution in [3.05, 3.63) is 24.2 Å². The molecular formula is C13H20N2O4. The predicted octanol–water partition coefficient (Wildman–Crippen LogP) is 0.485. The summed E-state index contributed by atoms with van der Waals surface area (Å²) in [4.78, 5) is 25.4. The first-order valence-corrected chi connectivity index (χ1v) is 6.17. The Balaban J connectivity index is 2.73. The SMILES string of the molecule is CC(C)C(NC(=O)c1ccco1)C(=O)N(C)CCO. The van der Waals surface area contributed by atoms with Gasteiger partial charge in [0.15, 0.2) is 5.76 Å². The first-order valence-electron chi connectivity index (χ1n) is 6.17. The van der Waals surface area contributed by atoms with E-state index in [1.165, 1.54) is 17.2 Å². The van der Waals surface area contributed by atoms with Crippen LogP contribution >= 0.6 is 0 Å². The first kappa shape index (κ1) is 15.2. The van der Waals surface area contributed by atoms with Gasteiger partial charge in [-0.15, -0.1) is 0 Å². The third-order valence-electron chi connectivity index (χ3n) is 2.78. The van der Waals surface area contributed by atoms with Crippen LogP contribution in [-0.2, 0) is 4.79 Å². The molecule has 0 aliphatic heterocycles. The zero-order valence-corrected chi connectivity index (χ0v) is 11.4. The van der Waals surface area contributed by atoms with Crippen LogP contribution in [0.2, 0.25) is 0 Å². The number of aliphatic hydroxyl groups excluding tert-OH is 1. The fraction of sp³-hybridized carbons (Fsp3) is 0.538. The number of hydrogen-bond donors (Lipinski definition) is 2. The molecule has 1 atom stereocenters. The minimum absolute atomic E-state index is 0.0624. The molecule has 2 amide bonds. The molecule has 19 heavy (non-hydrogen) atoms. The molecule has 6 heteroatoms. The van der Waals surface area contributed by atoms with E-state index in [4.69, 9.17) is 9.52 Å². The summed E-state index contributed by atoms with van der Waals surface area (Å²) < 4.78 is 4.99. The Kier molecular flexibility index (Phi) is 5.57. The van der Waals surface area contributed by atoms with Crippen LogP contribution in [0.15, 0.2) is 22.8 Å². The third-order valence-corrected chi connectivity index (χ3v) is 2.78. The van der Waals surface area contributed by atoms with Crippen LogP contribution < -0.4 is 5.32 Å². The van der Waals surface area contributed by atoms with E-state index in [1.54, 1.807) is 13.1 Å². The van der Waals surface area contributed by atoms with Crippen molar-refractivity contribution in [1.29, 1.82) is 0 Å². The molecule has 0 aliphatic rings. The molecule has 0 aliphatic carbocycles. The van der Waals surface area contributed by atoms with E-state index < -0.39 is 11.9 Å². The van der Waals surface area contributed by atoms with E-state index in [2.05, 4.69) is 5.32 Å². The fourth-order valence-electron chi connectivity index (χ4n) is 1.63. The predicted molar refractivity (Wildman–Crippen MR) is 69.5 cm³/mol. The molecular weight excluding hydrogens is 248 g/mol. The quantitative estimate of drug-likeness (QED) is 0.786. The van der Waals surface area contributed by atoms with Crippen molar-refractivity contribution >= 4 is 11.8 Å². The maximum Gasteiger partial charge on any atom is 0.287 e. The molecule has 0 saturated carbocycles. The lowest BCUT2D eigenvalue weighted by Gasteiger charge is -2.26. The third kappa shape index (κ3) is 4.10. The molecule has 0 fully saturated rings. The minimum Gasteiger partial charge on any atom is -0.459 e. The summed E-state index contributed by atoms with van der Waals surface area (Å²) in [5.41, 5.74) is 0. The zero-order valence-electron chi connectivity index (χ0n) is 11.4. The van der Waals surface area contributed by atoms with E-state index in [1.807, 2.05) is 13.8 Å². The molecule has 6 nitrogen and oxygen atoms in total. The number of rotatable bonds is 6. The van der Waals surface area contributed by atoms with Crippen molar-refractivity contribution in [1.82, 2.24) is 10.2 Å². The van der Waals surface area contributed by atoms with Gasteiger partial charge < -0.3 is 19.7 Å². The van der Waals surface area contributed by atoms with Gasteiger partial charge in [0.05, 0.1) is 12.9 Å². The molecule has 1 unspecified atom stereocenters. The van der Waals surface area contributed by atoms with Gasteiger partial charge in [0.2, 0.25) is 5.91 Å². The summed E-state index contributed by atoms with van der Waals surface area (Å²) in [6.45, 7) is 3.81. The summed E-state index contributed by atoms with van der Waals surface area (Å²) in [6.07, 6.45) is 1.40. The number of likely N-dealkylation sites (N-methyl/N-ethyl adjacent to an activating group) is 1.